The molecule has 0 aliphatic heterocycles. The first-order valence-corrected chi connectivity index (χ1v) is 6.35. The summed E-state index contributed by atoms with van der Waals surface area (Å²) in [4.78, 5) is 0. The number of aliphatic hydroxyl groups excluding tert-OH is 1. The lowest BCUT2D eigenvalue weighted by atomic mass is 10.0. The van der Waals surface area contributed by atoms with Crippen LogP contribution in [0.25, 0.3) is 0 Å². The molecule has 0 saturated carbocycles. The van der Waals surface area contributed by atoms with Crippen molar-refractivity contribution >= 4 is 27.5 Å². The minimum Gasteiger partial charge on any atom is -0.383 e. The molecule has 0 bridgehead atoms. The van der Waals surface area contributed by atoms with Gasteiger partial charge in [-0.05, 0) is 40.2 Å². The zero-order valence-electron chi connectivity index (χ0n) is 9.30. The second-order valence-electron chi connectivity index (χ2n) is 3.83. The summed E-state index contributed by atoms with van der Waals surface area (Å²) in [5.41, 5.74) is -0.669. The van der Waals surface area contributed by atoms with E-state index in [-0.39, 0.29) is 20.6 Å². The highest BCUT2D eigenvalue weighted by Gasteiger charge is 2.22. The van der Waals surface area contributed by atoms with Gasteiger partial charge in [0.15, 0.2) is 0 Å². The standard InChI is InChI=1S/C13H7BrClF3O/c14-7-5-10(17)6(4-11(7)18)13(19)12-8(15)2-1-3-9(12)16/h1-5,13,19H. The summed E-state index contributed by atoms with van der Waals surface area (Å²) in [6.07, 6.45) is -1.68. The van der Waals surface area contributed by atoms with Crippen molar-refractivity contribution in [1.29, 1.82) is 0 Å². The zero-order chi connectivity index (χ0) is 14.2. The predicted octanol–water partition coefficient (Wildman–Crippen LogP) is 4.60. The Labute approximate surface area is 120 Å². The fraction of sp³-hybridized carbons (Fsp3) is 0.0769. The normalized spacial score (nSPS) is 12.5. The molecule has 1 nitrogen and oxygen atoms in total. The van der Waals surface area contributed by atoms with Gasteiger partial charge in [-0.2, -0.15) is 0 Å². The third-order valence-electron chi connectivity index (χ3n) is 2.61. The van der Waals surface area contributed by atoms with E-state index in [0.717, 1.165) is 18.2 Å². The van der Waals surface area contributed by atoms with Crippen LogP contribution in [0.5, 0.6) is 0 Å². The Hall–Kier alpha value is -1.04. The van der Waals surface area contributed by atoms with E-state index in [0.29, 0.717) is 0 Å². The molecule has 100 valence electrons. The van der Waals surface area contributed by atoms with E-state index >= 15 is 0 Å². The van der Waals surface area contributed by atoms with Crippen LogP contribution in [-0.2, 0) is 0 Å². The van der Waals surface area contributed by atoms with Crippen molar-refractivity contribution in [2.24, 2.45) is 0 Å². The molecule has 0 radical (unpaired) electrons. The Morgan fingerprint density at radius 3 is 2.37 bits per heavy atom. The van der Waals surface area contributed by atoms with Crippen molar-refractivity contribution in [2.75, 3.05) is 0 Å². The lowest BCUT2D eigenvalue weighted by Gasteiger charge is -2.15. The van der Waals surface area contributed by atoms with Gasteiger partial charge in [-0.15, -0.1) is 0 Å². The first kappa shape index (κ1) is 14.4. The van der Waals surface area contributed by atoms with E-state index in [1.165, 1.54) is 12.1 Å². The molecule has 2 rings (SSSR count). The van der Waals surface area contributed by atoms with Gasteiger partial charge >= 0.3 is 0 Å². The van der Waals surface area contributed by atoms with Crippen molar-refractivity contribution < 1.29 is 18.3 Å². The van der Waals surface area contributed by atoms with E-state index in [1.54, 1.807) is 0 Å². The molecule has 0 aliphatic carbocycles. The van der Waals surface area contributed by atoms with E-state index in [2.05, 4.69) is 15.9 Å². The number of aliphatic hydroxyl groups is 1. The summed E-state index contributed by atoms with van der Waals surface area (Å²) in [6, 6.07) is 5.45. The zero-order valence-corrected chi connectivity index (χ0v) is 11.6. The molecule has 0 spiro atoms. The van der Waals surface area contributed by atoms with Crippen LogP contribution in [0.15, 0.2) is 34.8 Å². The summed E-state index contributed by atoms with van der Waals surface area (Å²) in [7, 11) is 0. The van der Waals surface area contributed by atoms with Crippen LogP contribution < -0.4 is 0 Å². The number of benzene rings is 2. The van der Waals surface area contributed by atoms with Gasteiger partial charge in [0.05, 0.1) is 4.47 Å². The van der Waals surface area contributed by atoms with Crippen molar-refractivity contribution in [1.82, 2.24) is 0 Å². The minimum atomic E-state index is -1.68. The van der Waals surface area contributed by atoms with Gasteiger partial charge in [-0.25, -0.2) is 13.2 Å². The van der Waals surface area contributed by atoms with Crippen molar-refractivity contribution in [3.63, 3.8) is 0 Å². The number of rotatable bonds is 2. The molecular weight excluding hydrogens is 344 g/mol. The predicted molar refractivity (Wildman–Crippen MR) is 69.5 cm³/mol. The topological polar surface area (TPSA) is 20.2 Å². The number of hydrogen-bond acceptors (Lipinski definition) is 1. The Morgan fingerprint density at radius 1 is 1.05 bits per heavy atom. The third kappa shape index (κ3) is 2.78. The number of halogens is 5. The van der Waals surface area contributed by atoms with Crippen LogP contribution in [0.3, 0.4) is 0 Å². The lowest BCUT2D eigenvalue weighted by molar-refractivity contribution is 0.209. The first-order chi connectivity index (χ1) is 8.91. The molecule has 1 atom stereocenters. The molecule has 2 aromatic carbocycles. The summed E-state index contributed by atoms with van der Waals surface area (Å²) in [5, 5.41) is 9.94. The largest absolute Gasteiger partial charge is 0.383 e. The molecule has 1 N–H and O–H groups in total. The number of hydrogen-bond donors (Lipinski definition) is 1. The molecule has 1 unspecified atom stereocenters. The molecule has 0 aromatic heterocycles. The Morgan fingerprint density at radius 2 is 1.74 bits per heavy atom. The average molecular weight is 352 g/mol. The smallest absolute Gasteiger partial charge is 0.137 e. The Balaban J connectivity index is 2.56. The monoisotopic (exact) mass is 350 g/mol. The van der Waals surface area contributed by atoms with Crippen LogP contribution in [0, 0.1) is 17.5 Å². The second-order valence-corrected chi connectivity index (χ2v) is 5.09. The van der Waals surface area contributed by atoms with Gasteiger partial charge in [0.2, 0.25) is 0 Å². The molecule has 6 heteroatoms. The highest BCUT2D eigenvalue weighted by molar-refractivity contribution is 9.10. The van der Waals surface area contributed by atoms with E-state index in [1.807, 2.05) is 0 Å². The van der Waals surface area contributed by atoms with Crippen LogP contribution in [0.2, 0.25) is 5.02 Å². The quantitative estimate of drug-likeness (QED) is 0.784. The summed E-state index contributed by atoms with van der Waals surface area (Å²) >= 11 is 8.59. The van der Waals surface area contributed by atoms with Crippen LogP contribution >= 0.6 is 27.5 Å². The summed E-state index contributed by atoms with van der Waals surface area (Å²) < 4.78 is 40.6. The Kier molecular flexibility index (Phi) is 4.18. The second kappa shape index (κ2) is 5.53. The van der Waals surface area contributed by atoms with E-state index < -0.39 is 23.6 Å². The first-order valence-electron chi connectivity index (χ1n) is 5.18. The van der Waals surface area contributed by atoms with Crippen LogP contribution in [0.4, 0.5) is 13.2 Å². The minimum absolute atomic E-state index is 0.0600. The van der Waals surface area contributed by atoms with E-state index in [9.17, 15) is 18.3 Å². The summed E-state index contributed by atoms with van der Waals surface area (Å²) in [6.45, 7) is 0. The lowest BCUT2D eigenvalue weighted by Crippen LogP contribution is -2.06. The average Bonchev–Trinajstić information content (AvgIpc) is 2.33. The SMILES string of the molecule is OC(c1cc(F)c(Br)cc1F)c1c(F)cccc1Cl. The molecule has 19 heavy (non-hydrogen) atoms. The van der Waals surface area contributed by atoms with Gasteiger partial charge in [0.1, 0.15) is 23.6 Å². The van der Waals surface area contributed by atoms with E-state index in [4.69, 9.17) is 11.6 Å². The molecule has 2 aromatic rings. The van der Waals surface area contributed by atoms with Gasteiger partial charge in [0.25, 0.3) is 0 Å². The van der Waals surface area contributed by atoms with Crippen molar-refractivity contribution in [2.45, 2.75) is 6.10 Å². The molecule has 0 aliphatic rings. The maximum Gasteiger partial charge on any atom is 0.137 e. The van der Waals surface area contributed by atoms with Crippen molar-refractivity contribution in [3.8, 4) is 0 Å². The molecule has 0 heterocycles. The van der Waals surface area contributed by atoms with Crippen LogP contribution in [-0.4, -0.2) is 5.11 Å². The molecule has 0 saturated heterocycles. The van der Waals surface area contributed by atoms with Gasteiger partial charge in [-0.1, -0.05) is 17.7 Å². The molecular formula is C13H7BrClF3O. The Bertz CT molecular complexity index is 613. The van der Waals surface area contributed by atoms with Gasteiger partial charge < -0.3 is 5.11 Å². The highest BCUT2D eigenvalue weighted by Crippen LogP contribution is 2.33. The third-order valence-corrected chi connectivity index (χ3v) is 3.54. The highest BCUT2D eigenvalue weighted by atomic mass is 79.9. The van der Waals surface area contributed by atoms with Crippen LogP contribution in [0.1, 0.15) is 17.2 Å². The summed E-state index contributed by atoms with van der Waals surface area (Å²) in [5.74, 6) is -2.41. The molecule has 0 amide bonds. The molecule has 0 fully saturated rings. The fourth-order valence-corrected chi connectivity index (χ4v) is 2.26. The maximum atomic E-state index is 13.7. The van der Waals surface area contributed by atoms with Gasteiger partial charge in [0, 0.05) is 16.1 Å². The fourth-order valence-electron chi connectivity index (χ4n) is 1.67. The maximum absolute atomic E-state index is 13.7. The van der Waals surface area contributed by atoms with Crippen molar-refractivity contribution in [3.05, 3.63) is 68.4 Å². The van der Waals surface area contributed by atoms with Gasteiger partial charge in [-0.3, -0.25) is 0 Å².